The number of aldehydes is 1. The van der Waals surface area contributed by atoms with Crippen LogP contribution in [0.4, 0.5) is 0 Å². The second-order valence-electron chi connectivity index (χ2n) is 11.3. The summed E-state index contributed by atoms with van der Waals surface area (Å²) >= 11 is 0. The molecule has 3 nitrogen and oxygen atoms in total. The molecule has 0 amide bonds. The van der Waals surface area contributed by atoms with Gasteiger partial charge in [0.25, 0.3) is 0 Å². The van der Waals surface area contributed by atoms with Crippen molar-refractivity contribution in [3.8, 4) is 5.75 Å². The highest BCUT2D eigenvalue weighted by Crippen LogP contribution is 2.61. The molecule has 0 heterocycles. The first-order chi connectivity index (χ1) is 17.7. The van der Waals surface area contributed by atoms with Crippen LogP contribution < -0.4 is 4.74 Å². The summed E-state index contributed by atoms with van der Waals surface area (Å²) < 4.78 is 12.7. The number of rotatable bonds is 7. The van der Waals surface area contributed by atoms with E-state index in [1.54, 1.807) is 0 Å². The van der Waals surface area contributed by atoms with Crippen molar-refractivity contribution in [1.29, 1.82) is 0 Å². The van der Waals surface area contributed by atoms with Gasteiger partial charge < -0.3 is 9.47 Å². The van der Waals surface area contributed by atoms with Crippen LogP contribution in [0.3, 0.4) is 0 Å². The topological polar surface area (TPSA) is 35.5 Å². The third-order valence-corrected chi connectivity index (χ3v) is 9.43. The van der Waals surface area contributed by atoms with E-state index in [1.165, 1.54) is 42.4 Å². The first-order valence-corrected chi connectivity index (χ1v) is 13.6. The second-order valence-corrected chi connectivity index (χ2v) is 11.3. The summed E-state index contributed by atoms with van der Waals surface area (Å²) in [4.78, 5) is 12.1. The molecule has 36 heavy (non-hydrogen) atoms. The smallest absolute Gasteiger partial charge is 0.153 e. The summed E-state index contributed by atoms with van der Waals surface area (Å²) in [5.41, 5.74) is 6.09. The Morgan fingerprint density at radius 2 is 1.61 bits per heavy atom. The third-order valence-electron chi connectivity index (χ3n) is 9.43. The predicted molar refractivity (Wildman–Crippen MR) is 142 cm³/mol. The van der Waals surface area contributed by atoms with Gasteiger partial charge in [0.1, 0.15) is 12.4 Å². The van der Waals surface area contributed by atoms with E-state index < -0.39 is 0 Å². The van der Waals surface area contributed by atoms with Crippen LogP contribution in [0, 0.1) is 17.3 Å². The Balaban J connectivity index is 1.19. The molecular weight excluding hydrogens is 444 g/mol. The molecule has 3 aliphatic carbocycles. The van der Waals surface area contributed by atoms with Gasteiger partial charge in [0.05, 0.1) is 18.3 Å². The van der Waals surface area contributed by atoms with Crippen LogP contribution in [0.25, 0.3) is 0 Å². The molecule has 0 aliphatic heterocycles. The minimum absolute atomic E-state index is 0.250. The number of hydrogen-bond acceptors (Lipinski definition) is 3. The highest BCUT2D eigenvalue weighted by molar-refractivity contribution is 5.80. The zero-order valence-electron chi connectivity index (χ0n) is 21.2. The van der Waals surface area contributed by atoms with Crippen molar-refractivity contribution in [3.05, 3.63) is 101 Å². The SMILES string of the molecule is CC12CCC3c4cc(C=O)c(OCc5ccccc5)cc4CCC3C1CCC2OCc1ccccc1. The minimum atomic E-state index is 0.250. The maximum atomic E-state index is 12.1. The Bertz CT molecular complexity index is 1200. The molecule has 0 spiro atoms. The molecular formula is C33H36O3. The number of carbonyl (C=O) groups is 1. The average Bonchev–Trinajstić information content (AvgIpc) is 3.27. The summed E-state index contributed by atoms with van der Waals surface area (Å²) in [6.07, 6.45) is 8.39. The second kappa shape index (κ2) is 9.86. The number of aryl methyl sites for hydroxylation is 1. The maximum absolute atomic E-state index is 12.1. The molecule has 0 N–H and O–H groups in total. The van der Waals surface area contributed by atoms with Gasteiger partial charge in [0, 0.05) is 0 Å². The molecule has 0 aromatic heterocycles. The van der Waals surface area contributed by atoms with Gasteiger partial charge >= 0.3 is 0 Å². The number of hydrogen-bond donors (Lipinski definition) is 0. The van der Waals surface area contributed by atoms with Crippen LogP contribution in [-0.2, 0) is 24.4 Å². The molecule has 5 unspecified atom stereocenters. The van der Waals surface area contributed by atoms with E-state index in [-0.39, 0.29) is 5.41 Å². The van der Waals surface area contributed by atoms with E-state index in [0.29, 0.717) is 42.6 Å². The standard InChI is InChI=1S/C33H36O3/c1-33-17-16-27-28(30(33)14-15-32(33)36-22-24-10-6-3-7-11-24)13-12-25-19-31(26(20-34)18-29(25)27)35-21-23-8-4-2-5-9-23/h2-11,18-20,27-28,30,32H,12-17,21-22H2,1H3. The van der Waals surface area contributed by atoms with E-state index in [1.807, 2.05) is 18.2 Å². The molecule has 3 aromatic rings. The van der Waals surface area contributed by atoms with E-state index >= 15 is 0 Å². The fraction of sp³-hybridized carbons (Fsp3) is 0.424. The maximum Gasteiger partial charge on any atom is 0.153 e. The summed E-state index contributed by atoms with van der Waals surface area (Å²) in [7, 11) is 0. The normalized spacial score (nSPS) is 28.6. The van der Waals surface area contributed by atoms with Gasteiger partial charge in [0.2, 0.25) is 0 Å². The van der Waals surface area contributed by atoms with Crippen molar-refractivity contribution in [3.63, 3.8) is 0 Å². The van der Waals surface area contributed by atoms with Crippen molar-refractivity contribution >= 4 is 6.29 Å². The molecule has 0 bridgehead atoms. The molecule has 5 atom stereocenters. The lowest BCUT2D eigenvalue weighted by atomic mass is 9.55. The monoisotopic (exact) mass is 480 g/mol. The fourth-order valence-electron chi connectivity index (χ4n) is 7.57. The molecule has 2 fully saturated rings. The molecule has 6 rings (SSSR count). The fourth-order valence-corrected chi connectivity index (χ4v) is 7.57. The van der Waals surface area contributed by atoms with Crippen LogP contribution in [0.2, 0.25) is 0 Å². The van der Waals surface area contributed by atoms with Crippen molar-refractivity contribution in [2.24, 2.45) is 17.3 Å². The number of benzene rings is 3. The minimum Gasteiger partial charge on any atom is -0.488 e. The van der Waals surface area contributed by atoms with Gasteiger partial charge in [-0.2, -0.15) is 0 Å². The third kappa shape index (κ3) is 4.28. The molecule has 2 saturated carbocycles. The number of fused-ring (bicyclic) bond motifs is 5. The van der Waals surface area contributed by atoms with Gasteiger partial charge in [-0.05, 0) is 96.1 Å². The summed E-state index contributed by atoms with van der Waals surface area (Å²) in [5.74, 6) is 2.64. The first-order valence-electron chi connectivity index (χ1n) is 13.6. The van der Waals surface area contributed by atoms with Crippen LogP contribution in [0.15, 0.2) is 72.8 Å². The zero-order valence-corrected chi connectivity index (χ0v) is 21.2. The van der Waals surface area contributed by atoms with E-state index in [0.717, 1.165) is 30.4 Å². The highest BCUT2D eigenvalue weighted by Gasteiger charge is 2.55. The average molecular weight is 481 g/mol. The molecule has 0 saturated heterocycles. The Hall–Kier alpha value is -2.91. The highest BCUT2D eigenvalue weighted by atomic mass is 16.5. The number of ether oxygens (including phenoxy) is 2. The van der Waals surface area contributed by atoms with Gasteiger partial charge in [-0.3, -0.25) is 4.79 Å². The molecule has 3 heteroatoms. The van der Waals surface area contributed by atoms with Crippen LogP contribution in [0.1, 0.15) is 77.6 Å². The summed E-state index contributed by atoms with van der Waals surface area (Å²) in [6.45, 7) is 3.68. The van der Waals surface area contributed by atoms with Gasteiger partial charge in [-0.15, -0.1) is 0 Å². The van der Waals surface area contributed by atoms with Crippen molar-refractivity contribution in [2.45, 2.75) is 70.7 Å². The van der Waals surface area contributed by atoms with Crippen LogP contribution >= 0.6 is 0 Å². The molecule has 186 valence electrons. The van der Waals surface area contributed by atoms with E-state index in [2.05, 4.69) is 61.5 Å². The van der Waals surface area contributed by atoms with E-state index in [4.69, 9.17) is 9.47 Å². The van der Waals surface area contributed by atoms with Gasteiger partial charge in [0.15, 0.2) is 6.29 Å². The Morgan fingerprint density at radius 1 is 0.889 bits per heavy atom. The number of carbonyl (C=O) groups excluding carboxylic acids is 1. The Morgan fingerprint density at radius 3 is 2.33 bits per heavy atom. The molecule has 0 radical (unpaired) electrons. The van der Waals surface area contributed by atoms with Crippen molar-refractivity contribution < 1.29 is 14.3 Å². The van der Waals surface area contributed by atoms with Crippen molar-refractivity contribution in [1.82, 2.24) is 0 Å². The molecule has 3 aliphatic rings. The van der Waals surface area contributed by atoms with E-state index in [9.17, 15) is 4.79 Å². The summed E-state index contributed by atoms with van der Waals surface area (Å²) in [6, 6.07) is 25.0. The van der Waals surface area contributed by atoms with Crippen molar-refractivity contribution in [2.75, 3.05) is 0 Å². The van der Waals surface area contributed by atoms with Gasteiger partial charge in [-0.1, -0.05) is 67.6 Å². The lowest BCUT2D eigenvalue weighted by molar-refractivity contribution is -0.0707. The predicted octanol–water partition coefficient (Wildman–Crippen LogP) is 7.52. The zero-order chi connectivity index (χ0) is 24.5. The Kier molecular flexibility index (Phi) is 6.43. The quantitative estimate of drug-likeness (QED) is 0.328. The van der Waals surface area contributed by atoms with Crippen LogP contribution in [-0.4, -0.2) is 12.4 Å². The lowest BCUT2D eigenvalue weighted by Crippen LogP contribution is -2.44. The van der Waals surface area contributed by atoms with Gasteiger partial charge in [-0.25, -0.2) is 0 Å². The Labute approximate surface area is 214 Å². The molecule has 3 aromatic carbocycles. The first kappa shape index (κ1) is 23.5. The van der Waals surface area contributed by atoms with Crippen LogP contribution in [0.5, 0.6) is 5.75 Å². The summed E-state index contributed by atoms with van der Waals surface area (Å²) in [5, 5.41) is 0. The largest absolute Gasteiger partial charge is 0.488 e. The lowest BCUT2D eigenvalue weighted by Gasteiger charge is -2.50.